The number of rotatable bonds is 3. The van der Waals surface area contributed by atoms with Gasteiger partial charge in [0.25, 0.3) is 0 Å². The maximum atomic E-state index is 8.42. The molecular weight excluding hydrogens is 426 g/mol. The van der Waals surface area contributed by atoms with Gasteiger partial charge in [-0.3, -0.25) is 4.98 Å². The number of furan rings is 1. The third kappa shape index (κ3) is 3.63. The summed E-state index contributed by atoms with van der Waals surface area (Å²) >= 11 is 0. The van der Waals surface area contributed by atoms with Crippen LogP contribution in [-0.4, -0.2) is 4.98 Å². The molecule has 0 bridgehead atoms. The summed E-state index contributed by atoms with van der Waals surface area (Å²) in [6, 6.07) is 24.4. The number of aryl methyl sites for hydroxylation is 4. The van der Waals surface area contributed by atoms with Crippen LogP contribution in [0.15, 0.2) is 95.5 Å². The number of hydrogen-bond acceptors (Lipinski definition) is 2. The molecule has 2 heterocycles. The standard InChI is InChI=1S/C33H27NO/c1-20-12-14-24(15-13-20)28-16-22(3)29(17-21(28)2)30-18-31(34-19-23(30)4)27-10-7-9-26-25-8-5-6-11-32(25)35-33(26)27/h5-19H,1-4H3/i2D3,3D3,4D3. The highest BCUT2D eigenvalue weighted by Crippen LogP contribution is 2.38. The number of aromatic nitrogens is 1. The molecule has 6 aromatic rings. The second-order valence-electron chi connectivity index (χ2n) is 8.71. The molecule has 2 nitrogen and oxygen atoms in total. The monoisotopic (exact) mass is 462 g/mol. The highest BCUT2D eigenvalue weighted by atomic mass is 16.3. The Morgan fingerprint density at radius 3 is 2.20 bits per heavy atom. The van der Waals surface area contributed by atoms with Crippen LogP contribution in [0.4, 0.5) is 0 Å². The minimum absolute atomic E-state index is 0.00135. The fourth-order valence-electron chi connectivity index (χ4n) is 4.57. The van der Waals surface area contributed by atoms with Gasteiger partial charge >= 0.3 is 0 Å². The van der Waals surface area contributed by atoms with Crippen molar-refractivity contribution in [3.8, 4) is 33.5 Å². The van der Waals surface area contributed by atoms with Crippen molar-refractivity contribution < 1.29 is 16.8 Å². The maximum Gasteiger partial charge on any atom is 0.144 e. The average molecular weight is 463 g/mol. The SMILES string of the molecule is [2H]C([2H])([2H])c1cc(-c2cc(-c3cccc4c3oc3ccccc34)ncc2C([2H])([2H])[2H])c(C([2H])([2H])[2H])cc1-c1ccc(C)cc1. The summed E-state index contributed by atoms with van der Waals surface area (Å²) in [6.07, 6.45) is 1.21. The lowest BCUT2D eigenvalue weighted by molar-refractivity contribution is 0.670. The minimum atomic E-state index is -2.70. The highest BCUT2D eigenvalue weighted by Gasteiger charge is 2.16. The third-order valence-electron chi connectivity index (χ3n) is 6.39. The average Bonchev–Trinajstić information content (AvgIpc) is 3.34. The molecule has 0 atom stereocenters. The summed E-state index contributed by atoms with van der Waals surface area (Å²) in [4.78, 5) is 4.49. The fourth-order valence-corrected chi connectivity index (χ4v) is 4.57. The predicted molar refractivity (Wildman–Crippen MR) is 147 cm³/mol. The molecule has 0 unspecified atom stereocenters. The van der Waals surface area contributed by atoms with E-state index in [0.717, 1.165) is 16.3 Å². The van der Waals surface area contributed by atoms with E-state index in [1.807, 2.05) is 55.5 Å². The molecule has 2 heteroatoms. The molecule has 0 radical (unpaired) electrons. The molecule has 0 saturated carbocycles. The van der Waals surface area contributed by atoms with Crippen molar-refractivity contribution in [3.05, 3.63) is 113 Å². The summed E-state index contributed by atoms with van der Waals surface area (Å²) < 4.78 is 81.3. The van der Waals surface area contributed by atoms with Gasteiger partial charge in [0.2, 0.25) is 0 Å². The van der Waals surface area contributed by atoms with Crippen LogP contribution in [0, 0.1) is 27.5 Å². The molecule has 4 aromatic carbocycles. The Labute approximate surface area is 218 Å². The van der Waals surface area contributed by atoms with Crippen LogP contribution in [0.1, 0.15) is 34.6 Å². The molecule has 0 spiro atoms. The van der Waals surface area contributed by atoms with Crippen molar-refractivity contribution in [2.45, 2.75) is 27.5 Å². The van der Waals surface area contributed by atoms with E-state index in [0.29, 0.717) is 28.0 Å². The van der Waals surface area contributed by atoms with Crippen molar-refractivity contribution in [2.24, 2.45) is 0 Å². The van der Waals surface area contributed by atoms with Gasteiger partial charge in [-0.15, -0.1) is 0 Å². The molecule has 0 aliphatic carbocycles. The Kier molecular flexibility index (Phi) is 3.22. The second-order valence-corrected chi connectivity index (χ2v) is 8.71. The van der Waals surface area contributed by atoms with Crippen LogP contribution in [0.2, 0.25) is 0 Å². The zero-order chi connectivity index (χ0) is 31.6. The topological polar surface area (TPSA) is 26.0 Å². The van der Waals surface area contributed by atoms with Gasteiger partial charge in [0, 0.05) is 34.9 Å². The first kappa shape index (κ1) is 13.7. The first-order valence-electron chi connectivity index (χ1n) is 15.8. The maximum absolute atomic E-state index is 8.42. The van der Waals surface area contributed by atoms with E-state index in [1.54, 1.807) is 18.2 Å². The number of para-hydroxylation sites is 2. The van der Waals surface area contributed by atoms with E-state index in [4.69, 9.17) is 16.8 Å². The zero-order valence-electron chi connectivity index (χ0n) is 28.0. The number of hydrogen-bond donors (Lipinski definition) is 0. The van der Waals surface area contributed by atoms with E-state index in [2.05, 4.69) is 4.98 Å². The van der Waals surface area contributed by atoms with Crippen molar-refractivity contribution in [1.82, 2.24) is 4.98 Å². The van der Waals surface area contributed by atoms with Crippen LogP contribution in [0.3, 0.4) is 0 Å². The molecule has 0 N–H and O–H groups in total. The zero-order valence-corrected chi connectivity index (χ0v) is 19.0. The Morgan fingerprint density at radius 1 is 0.657 bits per heavy atom. The quantitative estimate of drug-likeness (QED) is 0.262. The Hall–Kier alpha value is -4.17. The normalized spacial score (nSPS) is 16.3. The van der Waals surface area contributed by atoms with Crippen LogP contribution in [0.5, 0.6) is 0 Å². The highest BCUT2D eigenvalue weighted by molar-refractivity contribution is 6.09. The Morgan fingerprint density at radius 2 is 1.37 bits per heavy atom. The number of nitrogens with zero attached hydrogens (tertiary/aromatic N) is 1. The Bertz CT molecular complexity index is 2030. The summed E-state index contributed by atoms with van der Waals surface area (Å²) in [7, 11) is 0. The van der Waals surface area contributed by atoms with Gasteiger partial charge in [-0.2, -0.15) is 0 Å². The summed E-state index contributed by atoms with van der Waals surface area (Å²) in [5, 5.41) is 1.75. The summed E-state index contributed by atoms with van der Waals surface area (Å²) in [6.45, 7) is -6.10. The smallest absolute Gasteiger partial charge is 0.144 e. The largest absolute Gasteiger partial charge is 0.455 e. The van der Waals surface area contributed by atoms with Crippen molar-refractivity contribution >= 4 is 21.9 Å². The van der Waals surface area contributed by atoms with E-state index in [1.165, 1.54) is 24.4 Å². The molecule has 0 aliphatic heterocycles. The lowest BCUT2D eigenvalue weighted by atomic mass is 9.90. The second kappa shape index (κ2) is 8.25. The number of fused-ring (bicyclic) bond motifs is 3. The van der Waals surface area contributed by atoms with Crippen molar-refractivity contribution in [2.75, 3.05) is 0 Å². The first-order valence-corrected chi connectivity index (χ1v) is 11.3. The lowest BCUT2D eigenvalue weighted by Crippen LogP contribution is -1.94. The molecular formula is C33H27NO. The summed E-state index contributed by atoms with van der Waals surface area (Å²) in [5.41, 5.74) is 3.53. The molecule has 0 saturated heterocycles. The molecule has 0 amide bonds. The van der Waals surface area contributed by atoms with Crippen LogP contribution in [-0.2, 0) is 0 Å². The lowest BCUT2D eigenvalue weighted by Gasteiger charge is -2.16. The van der Waals surface area contributed by atoms with E-state index in [-0.39, 0.29) is 33.4 Å². The van der Waals surface area contributed by atoms with Gasteiger partial charge in [0.05, 0.1) is 5.69 Å². The first-order chi connectivity index (χ1) is 20.6. The molecule has 35 heavy (non-hydrogen) atoms. The van der Waals surface area contributed by atoms with Gasteiger partial charge in [0.1, 0.15) is 11.2 Å². The van der Waals surface area contributed by atoms with Gasteiger partial charge in [-0.25, -0.2) is 0 Å². The van der Waals surface area contributed by atoms with Gasteiger partial charge < -0.3 is 4.42 Å². The van der Waals surface area contributed by atoms with Gasteiger partial charge in [-0.05, 0) is 84.6 Å². The Balaban J connectivity index is 1.67. The molecule has 6 rings (SSSR count). The third-order valence-corrected chi connectivity index (χ3v) is 6.39. The molecule has 2 aromatic heterocycles. The number of pyridine rings is 1. The molecule has 0 aliphatic rings. The predicted octanol–water partition coefficient (Wildman–Crippen LogP) is 9.22. The van der Waals surface area contributed by atoms with Crippen LogP contribution >= 0.6 is 0 Å². The van der Waals surface area contributed by atoms with Gasteiger partial charge in [-0.1, -0.05) is 72.3 Å². The number of benzene rings is 4. The van der Waals surface area contributed by atoms with Crippen LogP contribution < -0.4 is 0 Å². The van der Waals surface area contributed by atoms with Gasteiger partial charge in [0.15, 0.2) is 0 Å². The molecule has 170 valence electrons. The van der Waals surface area contributed by atoms with E-state index >= 15 is 0 Å². The summed E-state index contributed by atoms with van der Waals surface area (Å²) in [5.74, 6) is 0. The van der Waals surface area contributed by atoms with Crippen LogP contribution in [0.25, 0.3) is 55.4 Å². The van der Waals surface area contributed by atoms with Crippen molar-refractivity contribution in [1.29, 1.82) is 0 Å². The van der Waals surface area contributed by atoms with E-state index < -0.39 is 20.6 Å². The van der Waals surface area contributed by atoms with Crippen molar-refractivity contribution in [3.63, 3.8) is 0 Å². The minimum Gasteiger partial charge on any atom is -0.455 e. The fraction of sp³-hybridized carbons (Fsp3) is 0.121. The van der Waals surface area contributed by atoms with E-state index in [9.17, 15) is 0 Å². The molecule has 0 fully saturated rings.